The number of rotatable bonds is 3. The maximum absolute atomic E-state index is 12.1. The van der Waals surface area contributed by atoms with Crippen LogP contribution in [0.5, 0.6) is 0 Å². The van der Waals surface area contributed by atoms with Crippen LogP contribution in [0.1, 0.15) is 20.3 Å². The minimum Gasteiger partial charge on any atom is -0.293 e. The molecule has 1 aromatic rings. The second-order valence-corrected chi connectivity index (χ2v) is 6.80. The molecule has 5 heteroatoms. The lowest BCUT2D eigenvalue weighted by Gasteiger charge is -2.11. The number of halogens is 1. The molecule has 0 unspecified atom stereocenters. The van der Waals surface area contributed by atoms with E-state index in [1.807, 2.05) is 13.0 Å². The highest BCUT2D eigenvalue weighted by Crippen LogP contribution is 2.19. The third kappa shape index (κ3) is 2.82. The number of hydrogen-bond acceptors (Lipinski definition) is 3. The Morgan fingerprint density at radius 1 is 1.50 bits per heavy atom. The number of nitrogens with one attached hydrogen (secondary N) is 1. The van der Waals surface area contributed by atoms with Gasteiger partial charge in [0.2, 0.25) is 9.84 Å². The van der Waals surface area contributed by atoms with Crippen LogP contribution in [0.15, 0.2) is 29.2 Å². The van der Waals surface area contributed by atoms with E-state index in [1.165, 1.54) is 6.07 Å². The van der Waals surface area contributed by atoms with Crippen molar-refractivity contribution in [3.63, 3.8) is 0 Å². The lowest BCUT2D eigenvalue weighted by molar-refractivity contribution is 0.602. The van der Waals surface area contributed by atoms with Crippen molar-refractivity contribution in [2.45, 2.75) is 25.2 Å². The van der Waals surface area contributed by atoms with Crippen LogP contribution in [-0.4, -0.2) is 13.5 Å². The summed E-state index contributed by atoms with van der Waals surface area (Å²) < 4.78 is 25.0. The molecule has 0 aliphatic carbocycles. The van der Waals surface area contributed by atoms with E-state index in [0.29, 0.717) is 6.42 Å². The minimum atomic E-state index is -3.59. The van der Waals surface area contributed by atoms with Gasteiger partial charge in [-0.05, 0) is 47.2 Å². The first-order valence-electron chi connectivity index (χ1n) is 4.98. The van der Waals surface area contributed by atoms with E-state index in [4.69, 9.17) is 5.41 Å². The molecule has 0 aliphatic rings. The predicted molar refractivity (Wildman–Crippen MR) is 73.5 cm³/mol. The largest absolute Gasteiger partial charge is 0.293 e. The van der Waals surface area contributed by atoms with Crippen molar-refractivity contribution in [2.75, 3.05) is 0 Å². The van der Waals surface area contributed by atoms with Gasteiger partial charge in [0.15, 0.2) is 0 Å². The summed E-state index contributed by atoms with van der Waals surface area (Å²) in [5, 5.41) is 7.52. The normalized spacial score (nSPS) is 13.4. The average Bonchev–Trinajstić information content (AvgIpc) is 2.27. The molecule has 0 aliphatic heterocycles. The highest BCUT2D eigenvalue weighted by molar-refractivity contribution is 14.1. The minimum absolute atomic E-state index is 0.197. The Bertz CT molecular complexity index is 496. The van der Waals surface area contributed by atoms with Crippen molar-refractivity contribution in [3.8, 4) is 0 Å². The maximum atomic E-state index is 12.1. The summed E-state index contributed by atoms with van der Waals surface area (Å²) in [6.07, 6.45) is 0.655. The Kier molecular flexibility index (Phi) is 4.49. The molecule has 1 atom stereocenters. The molecule has 1 aromatic carbocycles. The third-order valence-electron chi connectivity index (χ3n) is 2.46. The maximum Gasteiger partial charge on any atom is 0.219 e. The van der Waals surface area contributed by atoms with Crippen molar-refractivity contribution in [1.82, 2.24) is 0 Å². The van der Waals surface area contributed by atoms with Gasteiger partial charge in [0.25, 0.3) is 0 Å². The quantitative estimate of drug-likeness (QED) is 0.517. The van der Waals surface area contributed by atoms with Gasteiger partial charge in [-0.3, -0.25) is 5.41 Å². The molecular weight excluding hydrogens is 337 g/mol. The van der Waals surface area contributed by atoms with Gasteiger partial charge in [0, 0.05) is 9.49 Å². The first-order valence-corrected chi connectivity index (χ1v) is 7.55. The zero-order chi connectivity index (χ0) is 12.3. The summed E-state index contributed by atoms with van der Waals surface area (Å²) >= 11 is 2.06. The van der Waals surface area contributed by atoms with Gasteiger partial charge < -0.3 is 0 Å². The van der Waals surface area contributed by atoms with Gasteiger partial charge in [-0.2, -0.15) is 0 Å². The summed E-state index contributed by atoms with van der Waals surface area (Å²) in [5.74, 6) is -0.233. The van der Waals surface area contributed by atoms with E-state index in [9.17, 15) is 8.42 Å². The highest BCUT2D eigenvalue weighted by atomic mass is 127. The molecule has 0 heterocycles. The fourth-order valence-corrected chi connectivity index (χ4v) is 3.46. The van der Waals surface area contributed by atoms with E-state index in [0.717, 1.165) is 3.57 Å². The summed E-state index contributed by atoms with van der Waals surface area (Å²) in [5.41, 5.74) is 0. The third-order valence-corrected chi connectivity index (χ3v) is 4.98. The number of hydrogen-bond donors (Lipinski definition) is 1. The SMILES string of the molecule is CC[C@H](C)C(=N)S(=O)(=O)c1cccc(I)c1. The van der Waals surface area contributed by atoms with Crippen LogP contribution < -0.4 is 0 Å². The van der Waals surface area contributed by atoms with E-state index in [1.54, 1.807) is 19.1 Å². The van der Waals surface area contributed by atoms with Gasteiger partial charge in [-0.1, -0.05) is 19.9 Å². The molecule has 0 saturated carbocycles. The fraction of sp³-hybridized carbons (Fsp3) is 0.364. The van der Waals surface area contributed by atoms with Gasteiger partial charge in [0.1, 0.15) is 5.04 Å². The van der Waals surface area contributed by atoms with Crippen molar-refractivity contribution < 1.29 is 8.42 Å². The van der Waals surface area contributed by atoms with Crippen LogP contribution in [0.3, 0.4) is 0 Å². The van der Waals surface area contributed by atoms with E-state index in [2.05, 4.69) is 22.6 Å². The van der Waals surface area contributed by atoms with Crippen LogP contribution in [-0.2, 0) is 9.84 Å². The molecule has 0 aromatic heterocycles. The summed E-state index contributed by atoms with van der Waals surface area (Å²) in [6.45, 7) is 3.64. The van der Waals surface area contributed by atoms with Crippen molar-refractivity contribution in [3.05, 3.63) is 27.8 Å². The van der Waals surface area contributed by atoms with Gasteiger partial charge >= 0.3 is 0 Å². The first kappa shape index (κ1) is 13.6. The standard InChI is InChI=1S/C11H14INO2S/c1-3-8(2)11(13)16(14,15)10-6-4-5-9(12)7-10/h4-8,13H,3H2,1-2H3/t8-/m0/s1. The molecule has 0 saturated heterocycles. The van der Waals surface area contributed by atoms with E-state index in [-0.39, 0.29) is 15.9 Å². The van der Waals surface area contributed by atoms with Gasteiger partial charge in [-0.25, -0.2) is 8.42 Å². The lowest BCUT2D eigenvalue weighted by Crippen LogP contribution is -2.21. The summed E-state index contributed by atoms with van der Waals surface area (Å²) in [7, 11) is -3.59. The van der Waals surface area contributed by atoms with Crippen LogP contribution in [0.25, 0.3) is 0 Å². The van der Waals surface area contributed by atoms with Crippen LogP contribution in [0.4, 0.5) is 0 Å². The number of benzene rings is 1. The van der Waals surface area contributed by atoms with E-state index >= 15 is 0 Å². The smallest absolute Gasteiger partial charge is 0.219 e. The molecular formula is C11H14INO2S. The fourth-order valence-electron chi connectivity index (χ4n) is 1.21. The molecule has 1 rings (SSSR count). The second-order valence-electron chi connectivity index (χ2n) is 3.63. The second kappa shape index (κ2) is 5.27. The molecule has 88 valence electrons. The monoisotopic (exact) mass is 351 g/mol. The first-order chi connectivity index (χ1) is 7.39. The highest BCUT2D eigenvalue weighted by Gasteiger charge is 2.24. The molecule has 0 spiro atoms. The Morgan fingerprint density at radius 2 is 2.12 bits per heavy atom. The molecule has 0 radical (unpaired) electrons. The number of sulfone groups is 1. The summed E-state index contributed by atoms with van der Waals surface area (Å²) in [6, 6.07) is 6.65. The van der Waals surface area contributed by atoms with Crippen LogP contribution in [0.2, 0.25) is 0 Å². The van der Waals surface area contributed by atoms with Crippen molar-refractivity contribution in [2.24, 2.45) is 5.92 Å². The molecule has 1 N–H and O–H groups in total. The Morgan fingerprint density at radius 3 is 2.62 bits per heavy atom. The zero-order valence-electron chi connectivity index (χ0n) is 9.20. The zero-order valence-corrected chi connectivity index (χ0v) is 12.2. The van der Waals surface area contributed by atoms with Crippen LogP contribution in [0, 0.1) is 14.9 Å². The average molecular weight is 351 g/mol. The molecule has 0 amide bonds. The Hall–Kier alpha value is -0.430. The summed E-state index contributed by atoms with van der Waals surface area (Å²) in [4.78, 5) is 0.213. The van der Waals surface area contributed by atoms with E-state index < -0.39 is 9.84 Å². The van der Waals surface area contributed by atoms with Crippen LogP contribution >= 0.6 is 22.6 Å². The molecule has 16 heavy (non-hydrogen) atoms. The molecule has 3 nitrogen and oxygen atoms in total. The predicted octanol–water partition coefficient (Wildman–Crippen LogP) is 3.09. The topological polar surface area (TPSA) is 58.0 Å². The van der Waals surface area contributed by atoms with Crippen molar-refractivity contribution >= 4 is 37.5 Å². The Labute approximate surface area is 110 Å². The molecule has 0 bridgehead atoms. The van der Waals surface area contributed by atoms with Gasteiger partial charge in [0.05, 0.1) is 4.90 Å². The lowest BCUT2D eigenvalue weighted by atomic mass is 10.1. The van der Waals surface area contributed by atoms with Gasteiger partial charge in [-0.15, -0.1) is 0 Å². The Balaban J connectivity index is 3.17. The molecule has 0 fully saturated rings. The van der Waals surface area contributed by atoms with Crippen molar-refractivity contribution in [1.29, 1.82) is 5.41 Å².